The largest absolute Gasteiger partial charge is 0.481 e. The highest BCUT2D eigenvalue weighted by atomic mass is 16.4. The minimum Gasteiger partial charge on any atom is -0.481 e. The molecule has 5 nitrogen and oxygen atoms in total. The smallest absolute Gasteiger partial charge is 0.303 e. The zero-order valence-corrected chi connectivity index (χ0v) is 26.8. The molecule has 0 saturated heterocycles. The summed E-state index contributed by atoms with van der Waals surface area (Å²) in [5.74, 6) is 0.260. The quantitative estimate of drug-likeness (QED) is 0.141. The number of aliphatic carboxylic acids is 1. The minimum atomic E-state index is -0.810. The second-order valence-corrected chi connectivity index (χ2v) is 12.9. The Bertz CT molecular complexity index is 1690. The lowest BCUT2D eigenvalue weighted by Gasteiger charge is -2.22. The zero-order valence-electron chi connectivity index (χ0n) is 26.8. The van der Waals surface area contributed by atoms with Gasteiger partial charge in [0.05, 0.1) is 11.6 Å². The molecular weight excluding hydrogens is 556 g/mol. The van der Waals surface area contributed by atoms with Gasteiger partial charge in [0.15, 0.2) is 0 Å². The first-order chi connectivity index (χ1) is 21.7. The van der Waals surface area contributed by atoms with Gasteiger partial charge in [-0.1, -0.05) is 100 Å². The Morgan fingerprint density at radius 2 is 1.36 bits per heavy atom. The number of carboxylic acids is 1. The van der Waals surface area contributed by atoms with E-state index in [0.29, 0.717) is 30.2 Å². The second-order valence-electron chi connectivity index (χ2n) is 12.9. The summed E-state index contributed by atoms with van der Waals surface area (Å²) in [6, 6.07) is 33.2. The van der Waals surface area contributed by atoms with Gasteiger partial charge in [0.1, 0.15) is 0 Å². The molecule has 5 rings (SSSR count). The lowest BCUT2D eigenvalue weighted by atomic mass is 9.93. The third kappa shape index (κ3) is 8.10. The summed E-state index contributed by atoms with van der Waals surface area (Å²) in [6.45, 7) is 8.95. The Kier molecular flexibility index (Phi) is 10.2. The fraction of sp³-hybridized carbons (Fsp3) is 0.300. The molecule has 5 aromatic rings. The molecule has 1 aromatic heterocycles. The summed E-state index contributed by atoms with van der Waals surface area (Å²) < 4.78 is 1.70. The lowest BCUT2D eigenvalue weighted by molar-refractivity contribution is -0.137. The molecule has 45 heavy (non-hydrogen) atoms. The molecule has 2 N–H and O–H groups in total. The average molecular weight is 601 g/mol. The van der Waals surface area contributed by atoms with E-state index in [9.17, 15) is 9.59 Å². The molecule has 0 amide bonds. The van der Waals surface area contributed by atoms with Gasteiger partial charge in [-0.2, -0.15) is 0 Å². The van der Waals surface area contributed by atoms with Crippen molar-refractivity contribution in [2.45, 2.75) is 65.8 Å². The van der Waals surface area contributed by atoms with Crippen molar-refractivity contribution < 1.29 is 14.7 Å². The van der Waals surface area contributed by atoms with Crippen LogP contribution in [0.1, 0.15) is 84.8 Å². The van der Waals surface area contributed by atoms with Crippen molar-refractivity contribution in [1.82, 2.24) is 4.57 Å². The summed E-state index contributed by atoms with van der Waals surface area (Å²) in [5, 5.41) is 13.8. The van der Waals surface area contributed by atoms with Crippen molar-refractivity contribution in [2.24, 2.45) is 11.8 Å². The topological polar surface area (TPSA) is 71.3 Å². The molecule has 0 radical (unpaired) electrons. The van der Waals surface area contributed by atoms with E-state index in [-0.39, 0.29) is 18.4 Å². The van der Waals surface area contributed by atoms with Crippen LogP contribution in [-0.4, -0.2) is 21.6 Å². The van der Waals surface area contributed by atoms with E-state index < -0.39 is 5.97 Å². The maximum absolute atomic E-state index is 13.9. The predicted molar refractivity (Wildman–Crippen MR) is 184 cm³/mol. The van der Waals surface area contributed by atoms with Gasteiger partial charge in [-0.15, -0.1) is 0 Å². The van der Waals surface area contributed by atoms with Crippen LogP contribution in [0.25, 0.3) is 10.9 Å². The molecule has 0 fully saturated rings. The number of para-hydroxylation sites is 1. The zero-order chi connectivity index (χ0) is 31.9. The van der Waals surface area contributed by atoms with E-state index in [1.54, 1.807) is 4.57 Å². The molecule has 4 aromatic carbocycles. The third-order valence-electron chi connectivity index (χ3n) is 8.18. The predicted octanol–water partition coefficient (Wildman–Crippen LogP) is 9.34. The van der Waals surface area contributed by atoms with Crippen molar-refractivity contribution in [3.05, 3.63) is 137 Å². The van der Waals surface area contributed by atoms with E-state index in [0.717, 1.165) is 35.0 Å². The number of anilines is 1. The highest BCUT2D eigenvalue weighted by Crippen LogP contribution is 2.30. The summed E-state index contributed by atoms with van der Waals surface area (Å²) in [6.07, 6.45) is 5.18. The monoisotopic (exact) mass is 600 g/mol. The Morgan fingerprint density at radius 1 is 0.756 bits per heavy atom. The molecule has 0 aliphatic heterocycles. The maximum Gasteiger partial charge on any atom is 0.303 e. The number of hydrogen-bond acceptors (Lipinski definition) is 3. The number of nitrogens with zero attached hydrogens (tertiary/aromatic N) is 1. The molecule has 0 spiro atoms. The first kappa shape index (κ1) is 31.8. The van der Waals surface area contributed by atoms with Gasteiger partial charge in [-0.25, -0.2) is 0 Å². The summed E-state index contributed by atoms with van der Waals surface area (Å²) >= 11 is 0. The van der Waals surface area contributed by atoms with Gasteiger partial charge in [0.2, 0.25) is 0 Å². The number of fused-ring (bicyclic) bond motifs is 1. The van der Waals surface area contributed by atoms with Crippen molar-refractivity contribution in [2.75, 3.05) is 5.32 Å². The molecule has 0 unspecified atom stereocenters. The standard InChI is InChI=1S/C40H44N2O3/c1-27(2)23-29-15-19-31(20-16-29)39(32-21-17-30(18-22-32)24-28(3)4)41-35-11-7-9-33(25-35)40(45)42-26-34(10-8-14-38(43)44)36-12-5-6-13-37(36)42/h5-7,9,11-13,15-22,25-28,39,41H,8,10,14,23-24H2,1-4H3,(H,43,44). The van der Waals surface area contributed by atoms with Gasteiger partial charge in [0, 0.05) is 29.3 Å². The lowest BCUT2D eigenvalue weighted by Crippen LogP contribution is -2.14. The van der Waals surface area contributed by atoms with Crippen molar-refractivity contribution >= 4 is 28.5 Å². The SMILES string of the molecule is CC(C)Cc1ccc(C(Nc2cccc(C(=O)n3cc(CCCC(=O)O)c4ccccc43)c2)c2ccc(CC(C)C)cc2)cc1. The van der Waals surface area contributed by atoms with Crippen LogP contribution in [0.2, 0.25) is 0 Å². The second kappa shape index (κ2) is 14.4. The molecule has 0 aliphatic rings. The third-order valence-corrected chi connectivity index (χ3v) is 8.18. The van der Waals surface area contributed by atoms with E-state index in [1.807, 2.05) is 54.7 Å². The molecule has 0 bridgehead atoms. The number of carbonyl (C=O) groups is 2. The van der Waals surface area contributed by atoms with Crippen LogP contribution in [0.4, 0.5) is 5.69 Å². The Balaban J connectivity index is 1.44. The molecule has 0 aliphatic carbocycles. The molecule has 0 saturated carbocycles. The summed E-state index contributed by atoms with van der Waals surface area (Å²) in [4.78, 5) is 25.0. The summed E-state index contributed by atoms with van der Waals surface area (Å²) in [7, 11) is 0. The van der Waals surface area contributed by atoms with Crippen LogP contribution < -0.4 is 5.32 Å². The Hall–Kier alpha value is -4.64. The number of carbonyl (C=O) groups excluding carboxylic acids is 1. The van der Waals surface area contributed by atoms with Gasteiger partial charge in [0.25, 0.3) is 5.91 Å². The van der Waals surface area contributed by atoms with Crippen LogP contribution in [0.5, 0.6) is 0 Å². The Labute approximate surface area is 266 Å². The highest BCUT2D eigenvalue weighted by Gasteiger charge is 2.18. The van der Waals surface area contributed by atoms with Gasteiger partial charge >= 0.3 is 5.97 Å². The first-order valence-electron chi connectivity index (χ1n) is 16.1. The molecule has 0 atom stereocenters. The van der Waals surface area contributed by atoms with Crippen molar-refractivity contribution in [3.63, 3.8) is 0 Å². The maximum atomic E-state index is 13.9. The average Bonchev–Trinajstić information content (AvgIpc) is 3.38. The van der Waals surface area contributed by atoms with Gasteiger partial charge < -0.3 is 10.4 Å². The molecule has 5 heteroatoms. The molecule has 1 heterocycles. The number of rotatable bonds is 13. The fourth-order valence-electron chi connectivity index (χ4n) is 6.09. The number of carboxylic acid groups (broad SMARTS) is 1. The Morgan fingerprint density at radius 3 is 1.93 bits per heavy atom. The van der Waals surface area contributed by atoms with E-state index in [4.69, 9.17) is 5.11 Å². The van der Waals surface area contributed by atoms with E-state index in [2.05, 4.69) is 81.5 Å². The van der Waals surface area contributed by atoms with Crippen LogP contribution >= 0.6 is 0 Å². The fourth-order valence-corrected chi connectivity index (χ4v) is 6.09. The normalized spacial score (nSPS) is 11.5. The van der Waals surface area contributed by atoms with Crippen LogP contribution in [0.15, 0.2) is 103 Å². The molecule has 232 valence electrons. The number of aromatic nitrogens is 1. The number of hydrogen-bond donors (Lipinski definition) is 2. The van der Waals surface area contributed by atoms with Crippen molar-refractivity contribution in [3.8, 4) is 0 Å². The van der Waals surface area contributed by atoms with Gasteiger partial charge in [-0.3, -0.25) is 14.2 Å². The van der Waals surface area contributed by atoms with Crippen LogP contribution in [-0.2, 0) is 24.1 Å². The van der Waals surface area contributed by atoms with Gasteiger partial charge in [-0.05, 0) is 89.6 Å². The van der Waals surface area contributed by atoms with E-state index >= 15 is 0 Å². The van der Waals surface area contributed by atoms with Crippen molar-refractivity contribution in [1.29, 1.82) is 0 Å². The number of benzene rings is 4. The van der Waals surface area contributed by atoms with E-state index in [1.165, 1.54) is 22.3 Å². The first-order valence-corrected chi connectivity index (χ1v) is 16.1. The molecular formula is C40H44N2O3. The highest BCUT2D eigenvalue weighted by molar-refractivity contribution is 6.03. The summed E-state index contributed by atoms with van der Waals surface area (Å²) in [5.41, 5.74) is 8.24. The van der Waals surface area contributed by atoms with Crippen LogP contribution in [0.3, 0.4) is 0 Å². The minimum absolute atomic E-state index is 0.0928. The number of nitrogens with one attached hydrogen (secondary N) is 1. The number of aryl methyl sites for hydroxylation is 1. The van der Waals surface area contributed by atoms with Crippen LogP contribution in [0, 0.1) is 11.8 Å².